The summed E-state index contributed by atoms with van der Waals surface area (Å²) in [6, 6.07) is 10.9. The molecule has 3 N–H and O–H groups in total. The Morgan fingerprint density at radius 2 is 1.42 bits per heavy atom. The molecular formula is C26H32O10. The maximum atomic E-state index is 12.6. The summed E-state index contributed by atoms with van der Waals surface area (Å²) in [7, 11) is 4.64. The minimum absolute atomic E-state index is 0.0174. The van der Waals surface area contributed by atoms with E-state index in [9.17, 15) is 20.1 Å². The SMILES string of the molecule is COc1ccc(C[C@H]2COC(=O)[C@@H]2Cc2ccc(O[C@H]3OC[C@@H](O)[C@@H](O)[C@@H]3O)c(OC)c2)cc1OC. The van der Waals surface area contributed by atoms with Crippen LogP contribution >= 0.6 is 0 Å². The first-order chi connectivity index (χ1) is 17.3. The molecule has 36 heavy (non-hydrogen) atoms. The van der Waals surface area contributed by atoms with Gasteiger partial charge >= 0.3 is 5.97 Å². The number of hydrogen-bond acceptors (Lipinski definition) is 10. The minimum atomic E-state index is -1.43. The zero-order valence-corrected chi connectivity index (χ0v) is 20.5. The number of esters is 1. The third-order valence-corrected chi connectivity index (χ3v) is 6.64. The lowest BCUT2D eigenvalue weighted by Gasteiger charge is -2.35. The number of carbonyl (C=O) groups excluding carboxylic acids is 1. The van der Waals surface area contributed by atoms with Crippen LogP contribution in [0.3, 0.4) is 0 Å². The van der Waals surface area contributed by atoms with Crippen LogP contribution in [0.25, 0.3) is 0 Å². The Morgan fingerprint density at radius 1 is 0.806 bits per heavy atom. The highest BCUT2D eigenvalue weighted by Gasteiger charge is 2.40. The third-order valence-electron chi connectivity index (χ3n) is 6.64. The first kappa shape index (κ1) is 26.0. The van der Waals surface area contributed by atoms with Gasteiger partial charge in [0.15, 0.2) is 23.0 Å². The molecule has 4 rings (SSSR count). The van der Waals surface area contributed by atoms with E-state index < -0.39 is 24.6 Å². The fraction of sp³-hybridized carbons (Fsp3) is 0.500. The Balaban J connectivity index is 1.46. The molecule has 2 aromatic carbocycles. The van der Waals surface area contributed by atoms with Gasteiger partial charge in [-0.15, -0.1) is 0 Å². The molecular weight excluding hydrogens is 472 g/mol. The van der Waals surface area contributed by atoms with Crippen LogP contribution in [0.15, 0.2) is 36.4 Å². The van der Waals surface area contributed by atoms with Crippen LogP contribution in [0.4, 0.5) is 0 Å². The Labute approximate surface area is 209 Å². The Morgan fingerprint density at radius 3 is 2.08 bits per heavy atom. The number of cyclic esters (lactones) is 1. The van der Waals surface area contributed by atoms with E-state index in [0.717, 1.165) is 11.1 Å². The molecule has 196 valence electrons. The number of methoxy groups -OCH3 is 3. The van der Waals surface area contributed by atoms with Crippen molar-refractivity contribution in [3.63, 3.8) is 0 Å². The summed E-state index contributed by atoms with van der Waals surface area (Å²) in [5.41, 5.74) is 1.86. The number of rotatable bonds is 9. The Hall–Kier alpha value is -3.05. The average Bonchev–Trinajstić information content (AvgIpc) is 3.23. The molecule has 2 saturated heterocycles. The summed E-state index contributed by atoms with van der Waals surface area (Å²) in [4.78, 5) is 12.6. The van der Waals surface area contributed by atoms with Gasteiger partial charge in [-0.1, -0.05) is 12.1 Å². The van der Waals surface area contributed by atoms with E-state index in [0.29, 0.717) is 42.4 Å². The second kappa shape index (κ2) is 11.3. The molecule has 0 saturated carbocycles. The maximum absolute atomic E-state index is 12.6. The highest BCUT2D eigenvalue weighted by atomic mass is 16.7. The quantitative estimate of drug-likeness (QED) is 0.427. The molecule has 0 aromatic heterocycles. The molecule has 0 aliphatic carbocycles. The average molecular weight is 505 g/mol. The van der Waals surface area contributed by atoms with E-state index in [1.165, 1.54) is 7.11 Å². The van der Waals surface area contributed by atoms with E-state index in [-0.39, 0.29) is 24.4 Å². The summed E-state index contributed by atoms with van der Waals surface area (Å²) >= 11 is 0. The monoisotopic (exact) mass is 504 g/mol. The predicted molar refractivity (Wildman–Crippen MR) is 126 cm³/mol. The molecule has 2 aliphatic rings. The normalized spacial score (nSPS) is 27.9. The lowest BCUT2D eigenvalue weighted by atomic mass is 9.85. The lowest BCUT2D eigenvalue weighted by molar-refractivity contribution is -0.242. The fourth-order valence-corrected chi connectivity index (χ4v) is 4.56. The van der Waals surface area contributed by atoms with Crippen molar-refractivity contribution in [3.05, 3.63) is 47.5 Å². The van der Waals surface area contributed by atoms with Crippen LogP contribution in [0, 0.1) is 11.8 Å². The van der Waals surface area contributed by atoms with Gasteiger partial charge in [-0.25, -0.2) is 0 Å². The van der Waals surface area contributed by atoms with Crippen molar-refractivity contribution in [1.82, 2.24) is 0 Å². The molecule has 0 radical (unpaired) electrons. The second-order valence-corrected chi connectivity index (χ2v) is 8.95. The molecule has 0 amide bonds. The number of hydrogen-bond donors (Lipinski definition) is 3. The van der Waals surface area contributed by atoms with Crippen molar-refractivity contribution in [2.75, 3.05) is 34.5 Å². The summed E-state index contributed by atoms with van der Waals surface area (Å²) in [5.74, 6) is 1.35. The summed E-state index contributed by atoms with van der Waals surface area (Å²) in [6.07, 6.45) is -4.09. The Kier molecular flexibility index (Phi) is 8.20. The fourth-order valence-electron chi connectivity index (χ4n) is 4.56. The smallest absolute Gasteiger partial charge is 0.309 e. The first-order valence-corrected chi connectivity index (χ1v) is 11.7. The molecule has 6 atom stereocenters. The predicted octanol–water partition coefficient (Wildman–Crippen LogP) is 1.10. The molecule has 0 spiro atoms. The summed E-state index contributed by atoms with van der Waals surface area (Å²) in [5, 5.41) is 29.7. The van der Waals surface area contributed by atoms with E-state index in [4.69, 9.17) is 28.4 Å². The van der Waals surface area contributed by atoms with Gasteiger partial charge in [-0.05, 0) is 48.2 Å². The molecule has 10 heteroatoms. The van der Waals surface area contributed by atoms with Crippen LogP contribution < -0.4 is 18.9 Å². The zero-order valence-electron chi connectivity index (χ0n) is 20.5. The van der Waals surface area contributed by atoms with E-state index in [2.05, 4.69) is 0 Å². The molecule has 2 fully saturated rings. The number of ether oxygens (including phenoxy) is 6. The highest BCUT2D eigenvalue weighted by Crippen LogP contribution is 2.35. The molecule has 2 aromatic rings. The maximum Gasteiger partial charge on any atom is 0.309 e. The van der Waals surface area contributed by atoms with Crippen LogP contribution in [-0.4, -0.2) is 80.4 Å². The van der Waals surface area contributed by atoms with Gasteiger partial charge in [0.05, 0.1) is 40.5 Å². The molecule has 10 nitrogen and oxygen atoms in total. The zero-order chi connectivity index (χ0) is 25.8. The van der Waals surface area contributed by atoms with Crippen molar-refractivity contribution in [2.24, 2.45) is 11.8 Å². The van der Waals surface area contributed by atoms with Gasteiger partial charge in [-0.3, -0.25) is 4.79 Å². The second-order valence-electron chi connectivity index (χ2n) is 8.95. The van der Waals surface area contributed by atoms with Crippen LogP contribution in [-0.2, 0) is 27.1 Å². The van der Waals surface area contributed by atoms with Gasteiger partial charge in [0.2, 0.25) is 6.29 Å². The van der Waals surface area contributed by atoms with Crippen molar-refractivity contribution >= 4 is 5.97 Å². The largest absolute Gasteiger partial charge is 0.493 e. The molecule has 0 unspecified atom stereocenters. The minimum Gasteiger partial charge on any atom is -0.493 e. The molecule has 2 heterocycles. The number of aliphatic hydroxyl groups is 3. The number of aliphatic hydroxyl groups excluding tert-OH is 3. The van der Waals surface area contributed by atoms with Gasteiger partial charge in [0.1, 0.15) is 18.3 Å². The van der Waals surface area contributed by atoms with Crippen LogP contribution in [0.2, 0.25) is 0 Å². The molecule has 0 bridgehead atoms. The van der Waals surface area contributed by atoms with Gasteiger partial charge in [0.25, 0.3) is 0 Å². The van der Waals surface area contributed by atoms with Crippen LogP contribution in [0.1, 0.15) is 11.1 Å². The van der Waals surface area contributed by atoms with Crippen molar-refractivity contribution in [1.29, 1.82) is 0 Å². The van der Waals surface area contributed by atoms with Crippen LogP contribution in [0.5, 0.6) is 23.0 Å². The summed E-state index contributed by atoms with van der Waals surface area (Å²) < 4.78 is 32.6. The van der Waals surface area contributed by atoms with Gasteiger partial charge in [0, 0.05) is 5.92 Å². The highest BCUT2D eigenvalue weighted by molar-refractivity contribution is 5.75. The van der Waals surface area contributed by atoms with E-state index in [1.807, 2.05) is 18.2 Å². The molecule has 2 aliphatic heterocycles. The standard InChI is InChI=1S/C26H32O10/c1-31-19-6-4-14(10-21(19)32-2)8-16-12-34-25(30)17(16)9-15-5-7-20(22(11-15)33-3)36-26-24(29)23(28)18(27)13-35-26/h4-7,10-11,16-18,23-24,26-29H,8-9,12-13H2,1-3H3/t16-,17+,18+,23+,24-,26+/m0/s1. The lowest BCUT2D eigenvalue weighted by Crippen LogP contribution is -2.54. The number of carbonyl (C=O) groups is 1. The van der Waals surface area contributed by atoms with Crippen molar-refractivity contribution in [2.45, 2.75) is 37.4 Å². The number of benzene rings is 2. The van der Waals surface area contributed by atoms with Gasteiger partial charge in [-0.2, -0.15) is 0 Å². The van der Waals surface area contributed by atoms with E-state index >= 15 is 0 Å². The third kappa shape index (κ3) is 5.52. The van der Waals surface area contributed by atoms with Crippen molar-refractivity contribution in [3.8, 4) is 23.0 Å². The Bertz CT molecular complexity index is 1060. The van der Waals surface area contributed by atoms with E-state index in [1.54, 1.807) is 32.4 Å². The first-order valence-electron chi connectivity index (χ1n) is 11.7. The van der Waals surface area contributed by atoms with Gasteiger partial charge < -0.3 is 43.7 Å². The van der Waals surface area contributed by atoms with Crippen molar-refractivity contribution < 1.29 is 48.5 Å². The topological polar surface area (TPSA) is 133 Å². The summed E-state index contributed by atoms with van der Waals surface area (Å²) in [6.45, 7) is 0.163.